The van der Waals surface area contributed by atoms with E-state index in [1.165, 1.54) is 36.1 Å². The second-order valence-electron chi connectivity index (χ2n) is 8.97. The molecule has 5 nitrogen and oxygen atoms in total. The van der Waals surface area contributed by atoms with Gasteiger partial charge in [-0.1, -0.05) is 12.1 Å². The fourth-order valence-electron chi connectivity index (χ4n) is 5.52. The second-order valence-corrected chi connectivity index (χ2v) is 8.97. The SMILES string of the molecule is COc1cccc2c1C1(CCN(C(=O)c3ccc(N4CCCCC4)cc3)CC1)OCC2. The van der Waals surface area contributed by atoms with Crippen molar-refractivity contribution in [2.24, 2.45) is 0 Å². The number of benzene rings is 2. The number of carbonyl (C=O) groups is 1. The molecule has 0 unspecified atom stereocenters. The summed E-state index contributed by atoms with van der Waals surface area (Å²) >= 11 is 0. The first-order valence-electron chi connectivity index (χ1n) is 11.6. The first-order chi connectivity index (χ1) is 15.2. The van der Waals surface area contributed by atoms with Crippen LogP contribution in [-0.4, -0.2) is 50.7 Å². The Kier molecular flexibility index (Phi) is 5.61. The van der Waals surface area contributed by atoms with Crippen LogP contribution >= 0.6 is 0 Å². The number of ether oxygens (including phenoxy) is 2. The van der Waals surface area contributed by atoms with Gasteiger partial charge in [0.15, 0.2) is 0 Å². The molecule has 0 saturated carbocycles. The molecule has 5 rings (SSSR count). The number of anilines is 1. The smallest absolute Gasteiger partial charge is 0.253 e. The quantitative estimate of drug-likeness (QED) is 0.739. The van der Waals surface area contributed by atoms with Crippen LogP contribution in [0.2, 0.25) is 0 Å². The fourth-order valence-corrected chi connectivity index (χ4v) is 5.52. The molecule has 2 fully saturated rings. The van der Waals surface area contributed by atoms with Gasteiger partial charge in [0.05, 0.1) is 13.7 Å². The van der Waals surface area contributed by atoms with Crippen LogP contribution in [0.5, 0.6) is 5.75 Å². The van der Waals surface area contributed by atoms with Crippen LogP contribution < -0.4 is 9.64 Å². The van der Waals surface area contributed by atoms with E-state index >= 15 is 0 Å². The molecular weight excluding hydrogens is 388 g/mol. The van der Waals surface area contributed by atoms with Gasteiger partial charge in [0.1, 0.15) is 11.4 Å². The largest absolute Gasteiger partial charge is 0.496 e. The highest BCUT2D eigenvalue weighted by Gasteiger charge is 2.43. The predicted molar refractivity (Wildman–Crippen MR) is 122 cm³/mol. The summed E-state index contributed by atoms with van der Waals surface area (Å²) in [6.07, 6.45) is 6.36. The zero-order valence-electron chi connectivity index (χ0n) is 18.4. The number of carbonyl (C=O) groups excluding carboxylic acids is 1. The van der Waals surface area contributed by atoms with E-state index in [0.29, 0.717) is 13.1 Å². The number of hydrogen-bond donors (Lipinski definition) is 0. The molecule has 2 aromatic carbocycles. The molecular formula is C26H32N2O3. The molecule has 1 spiro atoms. The standard InChI is InChI=1S/C26H32N2O3/c1-30-23-7-5-6-20-12-19-31-26(24(20)23)13-17-28(18-14-26)25(29)21-8-10-22(11-9-21)27-15-3-2-4-16-27/h5-11H,2-4,12-19H2,1H3. The number of piperidine rings is 2. The molecule has 31 heavy (non-hydrogen) atoms. The topological polar surface area (TPSA) is 42.0 Å². The van der Waals surface area contributed by atoms with Gasteiger partial charge in [-0.15, -0.1) is 0 Å². The van der Waals surface area contributed by atoms with E-state index in [-0.39, 0.29) is 11.5 Å². The van der Waals surface area contributed by atoms with Crippen LogP contribution in [-0.2, 0) is 16.8 Å². The molecule has 0 aromatic heterocycles. The summed E-state index contributed by atoms with van der Waals surface area (Å²) in [5.74, 6) is 1.03. The van der Waals surface area contributed by atoms with Gasteiger partial charge in [0.25, 0.3) is 5.91 Å². The maximum absolute atomic E-state index is 13.2. The molecule has 0 bridgehead atoms. The molecule has 0 radical (unpaired) electrons. The van der Waals surface area contributed by atoms with E-state index < -0.39 is 0 Å². The zero-order valence-corrected chi connectivity index (χ0v) is 18.4. The average molecular weight is 421 g/mol. The number of hydrogen-bond acceptors (Lipinski definition) is 4. The average Bonchev–Trinajstić information content (AvgIpc) is 2.84. The first kappa shape index (κ1) is 20.4. The molecule has 164 valence electrons. The number of fused-ring (bicyclic) bond motifs is 2. The van der Waals surface area contributed by atoms with Gasteiger partial charge < -0.3 is 19.3 Å². The van der Waals surface area contributed by atoms with Crippen LogP contribution in [0.3, 0.4) is 0 Å². The highest BCUT2D eigenvalue weighted by Crippen LogP contribution is 2.45. The predicted octanol–water partition coefficient (Wildman–Crippen LogP) is 4.39. The number of methoxy groups -OCH3 is 1. The third-order valence-electron chi connectivity index (χ3n) is 7.23. The van der Waals surface area contributed by atoms with Gasteiger partial charge in [-0.25, -0.2) is 0 Å². The van der Waals surface area contributed by atoms with Crippen LogP contribution in [0.25, 0.3) is 0 Å². The molecule has 3 heterocycles. The number of amides is 1. The van der Waals surface area contributed by atoms with Crippen molar-refractivity contribution in [2.75, 3.05) is 44.8 Å². The van der Waals surface area contributed by atoms with Crippen molar-refractivity contribution >= 4 is 11.6 Å². The summed E-state index contributed by atoms with van der Waals surface area (Å²) in [5.41, 5.74) is 4.18. The van der Waals surface area contributed by atoms with E-state index in [0.717, 1.165) is 50.3 Å². The molecule has 0 atom stereocenters. The zero-order chi connectivity index (χ0) is 21.3. The van der Waals surface area contributed by atoms with Crippen molar-refractivity contribution < 1.29 is 14.3 Å². The van der Waals surface area contributed by atoms with Crippen LogP contribution in [0, 0.1) is 0 Å². The molecule has 3 aliphatic heterocycles. The third-order valence-corrected chi connectivity index (χ3v) is 7.23. The fraction of sp³-hybridized carbons (Fsp3) is 0.500. The highest BCUT2D eigenvalue weighted by atomic mass is 16.5. The minimum absolute atomic E-state index is 0.121. The van der Waals surface area contributed by atoms with Crippen molar-refractivity contribution in [1.29, 1.82) is 0 Å². The van der Waals surface area contributed by atoms with Crippen molar-refractivity contribution in [2.45, 2.75) is 44.1 Å². The van der Waals surface area contributed by atoms with Crippen LogP contribution in [0.15, 0.2) is 42.5 Å². The minimum atomic E-state index is -0.338. The van der Waals surface area contributed by atoms with Crippen LogP contribution in [0.4, 0.5) is 5.69 Å². The number of rotatable bonds is 3. The lowest BCUT2D eigenvalue weighted by atomic mass is 9.78. The van der Waals surface area contributed by atoms with E-state index in [1.807, 2.05) is 23.1 Å². The molecule has 2 saturated heterocycles. The van der Waals surface area contributed by atoms with E-state index in [9.17, 15) is 4.79 Å². The maximum atomic E-state index is 13.2. The molecule has 5 heteroatoms. The second kappa shape index (κ2) is 8.54. The third kappa shape index (κ3) is 3.80. The van der Waals surface area contributed by atoms with Gasteiger partial charge in [-0.05, 0) is 74.4 Å². The molecule has 1 amide bonds. The van der Waals surface area contributed by atoms with Gasteiger partial charge in [0.2, 0.25) is 0 Å². The van der Waals surface area contributed by atoms with Gasteiger partial charge in [-0.3, -0.25) is 4.79 Å². The summed E-state index contributed by atoms with van der Waals surface area (Å²) in [4.78, 5) is 17.6. The first-order valence-corrected chi connectivity index (χ1v) is 11.6. The lowest BCUT2D eigenvalue weighted by Crippen LogP contribution is -2.48. The Morgan fingerprint density at radius 2 is 1.71 bits per heavy atom. The van der Waals surface area contributed by atoms with Crippen LogP contribution in [0.1, 0.15) is 53.6 Å². The normalized spacial score (nSPS) is 20.4. The van der Waals surface area contributed by atoms with E-state index in [4.69, 9.17) is 9.47 Å². The Hall–Kier alpha value is -2.53. The lowest BCUT2D eigenvalue weighted by Gasteiger charge is -2.45. The monoisotopic (exact) mass is 420 g/mol. The molecule has 0 N–H and O–H groups in total. The van der Waals surface area contributed by atoms with E-state index in [1.54, 1.807) is 7.11 Å². The molecule has 2 aromatic rings. The Morgan fingerprint density at radius 1 is 0.968 bits per heavy atom. The minimum Gasteiger partial charge on any atom is -0.496 e. The summed E-state index contributed by atoms with van der Waals surface area (Å²) in [6, 6.07) is 14.5. The van der Waals surface area contributed by atoms with Crippen molar-refractivity contribution in [1.82, 2.24) is 4.90 Å². The Morgan fingerprint density at radius 3 is 2.42 bits per heavy atom. The number of likely N-dealkylation sites (tertiary alicyclic amines) is 1. The Bertz CT molecular complexity index is 912. The molecule has 0 aliphatic carbocycles. The van der Waals surface area contributed by atoms with Gasteiger partial charge >= 0.3 is 0 Å². The van der Waals surface area contributed by atoms with E-state index in [2.05, 4.69) is 29.2 Å². The summed E-state index contributed by atoms with van der Waals surface area (Å²) < 4.78 is 12.0. The maximum Gasteiger partial charge on any atom is 0.253 e. The Balaban J connectivity index is 1.29. The van der Waals surface area contributed by atoms with Gasteiger partial charge in [0, 0.05) is 43.0 Å². The molecule has 3 aliphatic rings. The van der Waals surface area contributed by atoms with Gasteiger partial charge in [-0.2, -0.15) is 0 Å². The summed E-state index contributed by atoms with van der Waals surface area (Å²) in [6.45, 7) is 4.36. The summed E-state index contributed by atoms with van der Waals surface area (Å²) in [5, 5.41) is 0. The number of nitrogens with zero attached hydrogens (tertiary/aromatic N) is 2. The summed E-state index contributed by atoms with van der Waals surface area (Å²) in [7, 11) is 1.73. The van der Waals surface area contributed by atoms with Crippen molar-refractivity contribution in [3.8, 4) is 5.75 Å². The highest BCUT2D eigenvalue weighted by molar-refractivity contribution is 5.94. The van der Waals surface area contributed by atoms with Crippen molar-refractivity contribution in [3.05, 3.63) is 59.2 Å². The van der Waals surface area contributed by atoms with Crippen molar-refractivity contribution in [3.63, 3.8) is 0 Å². The lowest BCUT2D eigenvalue weighted by molar-refractivity contribution is -0.0946. The Labute approximate surface area is 184 Å².